The molecule has 0 bridgehead atoms. The van der Waals surface area contributed by atoms with Gasteiger partial charge in [-0.15, -0.1) is 0 Å². The van der Waals surface area contributed by atoms with Crippen LogP contribution in [0.1, 0.15) is 15.7 Å². The molecule has 0 amide bonds. The van der Waals surface area contributed by atoms with Gasteiger partial charge in [0.2, 0.25) is 0 Å². The van der Waals surface area contributed by atoms with Gasteiger partial charge in [-0.2, -0.15) is 0 Å². The largest absolute Gasteiger partial charge is 1.00 e. The van der Waals surface area contributed by atoms with Crippen molar-refractivity contribution in [3.05, 3.63) is 0 Å². The molecule has 0 aliphatic rings. The predicted molar refractivity (Wildman–Crippen MR) is 58.6 cm³/mol. The molecule has 0 aromatic carbocycles. The van der Waals surface area contributed by atoms with E-state index in [1.165, 1.54) is 0 Å². The summed E-state index contributed by atoms with van der Waals surface area (Å²) in [5.74, 6) is -5.02. The van der Waals surface area contributed by atoms with Gasteiger partial charge in [0, 0.05) is 0 Å². The van der Waals surface area contributed by atoms with Gasteiger partial charge >= 0.3 is 84.8 Å². The van der Waals surface area contributed by atoms with Crippen LogP contribution in [0.2, 0.25) is 0 Å². The van der Waals surface area contributed by atoms with E-state index in [1.807, 2.05) is 0 Å². The number of aliphatic carboxylic acids is 3. The van der Waals surface area contributed by atoms with Gasteiger partial charge in [-0.05, 0) is 0 Å². The van der Waals surface area contributed by atoms with Crippen LogP contribution in [0, 0.1) is 0 Å². The Bertz CT molecular complexity index is 368. The van der Waals surface area contributed by atoms with Crippen LogP contribution in [0.4, 0.5) is 0 Å². The zero-order valence-electron chi connectivity index (χ0n) is 13.3. The minimum Gasteiger partial charge on any atom is -1.00 e. The molecule has 0 heterocycles. The Balaban J connectivity index is -0.0000000455. The van der Waals surface area contributed by atoms with E-state index in [-0.39, 0.29) is 68.1 Å². The molecule has 0 radical (unpaired) electrons. The maximum Gasteiger partial charge on any atom is 1.00 e. The van der Waals surface area contributed by atoms with E-state index >= 15 is 0 Å². The van der Waals surface area contributed by atoms with Crippen molar-refractivity contribution < 1.29 is 116 Å². The van der Waals surface area contributed by atoms with Crippen LogP contribution in [0.3, 0.4) is 0 Å². The standard InChI is InChI=1S/C6H8O7.H3N.2Na.H3O4P.2H/c7-3(8)1-6(13,5(11)12)2-4(9)10;;;;1-5(2,3)4;;/h13H,1-2H2,(H,7,8)(H,9,10)(H,11,12);1H3;;;(H3,1,2,3,4);;/q;;2*+1;;2*-1. The average molecular weight is 355 g/mol. The minimum atomic E-state index is -4.64. The summed E-state index contributed by atoms with van der Waals surface area (Å²) in [6.07, 6.45) is -2.29. The van der Waals surface area contributed by atoms with Crippen LogP contribution in [-0.4, -0.2) is 58.6 Å². The van der Waals surface area contributed by atoms with E-state index in [0.717, 1.165) is 0 Å². The second-order valence-corrected chi connectivity index (χ2v) is 4.02. The normalized spacial score (nSPS) is 9.52. The van der Waals surface area contributed by atoms with Gasteiger partial charge in [-0.3, -0.25) is 9.59 Å². The molecule has 21 heavy (non-hydrogen) atoms. The maximum absolute atomic E-state index is 10.3. The Kier molecular flexibility index (Phi) is 22.2. The number of hydrogen-bond donors (Lipinski definition) is 8. The summed E-state index contributed by atoms with van der Waals surface area (Å²) < 4.78 is 8.88. The Hall–Kier alpha value is 0.440. The van der Waals surface area contributed by atoms with E-state index in [9.17, 15) is 14.4 Å². The number of carboxylic acids is 3. The van der Waals surface area contributed by atoms with E-state index in [2.05, 4.69) is 0 Å². The molecule has 15 heteroatoms. The second kappa shape index (κ2) is 14.1. The molecule has 118 valence electrons. The Morgan fingerprint density at radius 1 is 0.905 bits per heavy atom. The molecule has 0 saturated heterocycles. The van der Waals surface area contributed by atoms with Crippen LogP contribution in [0.15, 0.2) is 0 Å². The van der Waals surface area contributed by atoms with E-state index < -0.39 is 44.2 Å². The molecule has 0 fully saturated rings. The van der Waals surface area contributed by atoms with Crippen LogP contribution in [-0.2, 0) is 18.9 Å². The fourth-order valence-electron chi connectivity index (χ4n) is 0.714. The molecule has 0 aromatic heterocycles. The molecule has 0 aromatic rings. The van der Waals surface area contributed by atoms with Gasteiger partial charge < -0.3 is 44.1 Å². The van der Waals surface area contributed by atoms with Crippen LogP contribution < -0.4 is 65.3 Å². The van der Waals surface area contributed by atoms with Crippen molar-refractivity contribution in [2.45, 2.75) is 18.4 Å². The molecule has 0 atom stereocenters. The summed E-state index contributed by atoms with van der Waals surface area (Å²) in [4.78, 5) is 52.0. The molecule has 0 spiro atoms. The van der Waals surface area contributed by atoms with Crippen molar-refractivity contribution >= 4 is 25.7 Å². The van der Waals surface area contributed by atoms with Crippen molar-refractivity contribution in [2.24, 2.45) is 0 Å². The van der Waals surface area contributed by atoms with Gasteiger partial charge in [-0.1, -0.05) is 0 Å². The number of carbonyl (C=O) groups is 3. The summed E-state index contributed by atoms with van der Waals surface area (Å²) in [5.41, 5.74) is -2.74. The summed E-state index contributed by atoms with van der Waals surface area (Å²) in [5, 5.41) is 33.8. The Morgan fingerprint density at radius 3 is 1.19 bits per heavy atom. The zero-order valence-corrected chi connectivity index (χ0v) is 16.2. The van der Waals surface area contributed by atoms with Gasteiger partial charge in [0.25, 0.3) is 0 Å². The molecule has 0 saturated carbocycles. The van der Waals surface area contributed by atoms with Gasteiger partial charge in [0.15, 0.2) is 5.60 Å². The Labute approximate surface area is 165 Å². The fourth-order valence-corrected chi connectivity index (χ4v) is 0.714. The molecule has 12 nitrogen and oxygen atoms in total. The smallest absolute Gasteiger partial charge is 1.00 e. The number of hydrogen-bond acceptors (Lipinski definition) is 6. The molecule has 0 rings (SSSR count). The number of rotatable bonds is 5. The first-order chi connectivity index (χ1) is 7.78. The molecular formula is C6H16NNa2O11P. The zero-order chi connectivity index (χ0) is 15.1. The van der Waals surface area contributed by atoms with E-state index in [1.54, 1.807) is 0 Å². The van der Waals surface area contributed by atoms with Crippen molar-refractivity contribution in [1.82, 2.24) is 6.15 Å². The molecule has 0 aliphatic heterocycles. The van der Waals surface area contributed by atoms with Crippen molar-refractivity contribution in [2.75, 3.05) is 0 Å². The fraction of sp³-hybridized carbons (Fsp3) is 0.500. The topological polar surface area (TPSA) is 245 Å². The average Bonchev–Trinajstić information content (AvgIpc) is 1.95. The Morgan fingerprint density at radius 2 is 1.10 bits per heavy atom. The molecular weight excluding hydrogens is 339 g/mol. The second-order valence-electron chi connectivity index (χ2n) is 2.99. The first-order valence-electron chi connectivity index (χ1n) is 3.95. The summed E-state index contributed by atoms with van der Waals surface area (Å²) in [7, 11) is -4.64. The monoisotopic (exact) mass is 355 g/mol. The van der Waals surface area contributed by atoms with E-state index in [0.29, 0.717) is 0 Å². The third-order valence-corrected chi connectivity index (χ3v) is 1.29. The molecule has 0 unspecified atom stereocenters. The third-order valence-electron chi connectivity index (χ3n) is 1.29. The maximum atomic E-state index is 10.3. The van der Waals surface area contributed by atoms with Gasteiger partial charge in [0.05, 0.1) is 12.8 Å². The third kappa shape index (κ3) is 25.7. The van der Waals surface area contributed by atoms with Crippen LogP contribution in [0.25, 0.3) is 0 Å². The number of phosphoric acid groups is 1. The molecule has 10 N–H and O–H groups in total. The van der Waals surface area contributed by atoms with Gasteiger partial charge in [0.1, 0.15) is 0 Å². The quantitative estimate of drug-likeness (QED) is 0.169. The first kappa shape index (κ1) is 33.1. The van der Waals surface area contributed by atoms with Crippen molar-refractivity contribution in [1.29, 1.82) is 0 Å². The number of carboxylic acid groups (broad SMARTS) is 3. The van der Waals surface area contributed by atoms with Crippen molar-refractivity contribution in [3.63, 3.8) is 0 Å². The summed E-state index contributed by atoms with van der Waals surface area (Å²) in [6.45, 7) is 0. The van der Waals surface area contributed by atoms with Crippen molar-refractivity contribution in [3.8, 4) is 0 Å². The summed E-state index contributed by atoms with van der Waals surface area (Å²) >= 11 is 0. The summed E-state index contributed by atoms with van der Waals surface area (Å²) in [6, 6.07) is 0. The SMILES string of the molecule is N.O=C(O)CC(O)(CC(=O)O)C(=O)O.O=P(O)(O)O.[H-].[H-].[Na+].[Na+]. The predicted octanol–water partition coefficient (Wildman–Crippen LogP) is -7.78. The van der Waals surface area contributed by atoms with E-state index in [4.69, 9.17) is 39.7 Å². The number of aliphatic hydroxyl groups is 1. The van der Waals surface area contributed by atoms with Crippen LogP contribution >= 0.6 is 7.82 Å². The molecule has 0 aliphatic carbocycles. The van der Waals surface area contributed by atoms with Gasteiger partial charge in [-0.25, -0.2) is 9.36 Å². The minimum absolute atomic E-state index is 0. The van der Waals surface area contributed by atoms with Crippen LogP contribution in [0.5, 0.6) is 0 Å². The first-order valence-corrected chi connectivity index (χ1v) is 5.52.